The lowest BCUT2D eigenvalue weighted by Gasteiger charge is -2.39. The summed E-state index contributed by atoms with van der Waals surface area (Å²) < 4.78 is 13.1. The Morgan fingerprint density at radius 3 is 2.21 bits per heavy atom. The molecular formula is C27H43NO4Si2. The van der Waals surface area contributed by atoms with Gasteiger partial charge < -0.3 is 9.16 Å². The molecule has 0 aromatic heterocycles. The van der Waals surface area contributed by atoms with E-state index in [4.69, 9.17) is 9.16 Å². The zero-order valence-corrected chi connectivity index (χ0v) is 25.2. The molecule has 2 rings (SSSR count). The predicted molar refractivity (Wildman–Crippen MR) is 146 cm³/mol. The molecule has 7 heteroatoms. The van der Waals surface area contributed by atoms with E-state index in [9.17, 15) is 10.1 Å². The Balaban J connectivity index is 2.83. The molecule has 0 aliphatic carbocycles. The van der Waals surface area contributed by atoms with E-state index in [0.29, 0.717) is 12.0 Å². The minimum atomic E-state index is -2.16. The third-order valence-electron chi connectivity index (χ3n) is 6.67. The molecule has 1 aliphatic heterocycles. The van der Waals surface area contributed by atoms with Crippen LogP contribution in [-0.4, -0.2) is 33.0 Å². The summed E-state index contributed by atoms with van der Waals surface area (Å²) in [5.74, 6) is 3.25. The van der Waals surface area contributed by atoms with Gasteiger partial charge >= 0.3 is 0 Å². The van der Waals surface area contributed by atoms with Crippen LogP contribution in [0.4, 0.5) is 5.69 Å². The second kappa shape index (κ2) is 9.73. The van der Waals surface area contributed by atoms with E-state index < -0.39 is 16.4 Å². The summed E-state index contributed by atoms with van der Waals surface area (Å²) in [5.41, 5.74) is 6.65. The van der Waals surface area contributed by atoms with Gasteiger partial charge in [0.25, 0.3) is 5.69 Å². The second-order valence-corrected chi connectivity index (χ2v) is 22.2. The van der Waals surface area contributed by atoms with Crippen LogP contribution >= 0.6 is 0 Å². The third kappa shape index (κ3) is 6.91. The molecule has 0 saturated carbocycles. The zero-order valence-electron chi connectivity index (χ0n) is 23.2. The Hall–Kier alpha value is -1.73. The van der Waals surface area contributed by atoms with Crippen molar-refractivity contribution in [1.29, 1.82) is 0 Å². The van der Waals surface area contributed by atoms with E-state index in [1.165, 1.54) is 0 Å². The number of nitro groups is 1. The van der Waals surface area contributed by atoms with E-state index in [2.05, 4.69) is 84.9 Å². The summed E-state index contributed by atoms with van der Waals surface area (Å²) in [6.07, 6.45) is 2.28. The first kappa shape index (κ1) is 28.5. The number of allylic oxidation sites excluding steroid dienone is 2. The first-order valence-electron chi connectivity index (χ1n) is 12.1. The van der Waals surface area contributed by atoms with Gasteiger partial charge in [-0.05, 0) is 69.4 Å². The maximum Gasteiger partial charge on any atom is 0.285 e. The predicted octanol–water partition coefficient (Wildman–Crippen LogP) is 7.57. The van der Waals surface area contributed by atoms with E-state index in [0.717, 1.165) is 16.7 Å². The lowest BCUT2D eigenvalue weighted by molar-refractivity contribution is -0.385. The van der Waals surface area contributed by atoms with Crippen LogP contribution in [0.25, 0.3) is 0 Å². The van der Waals surface area contributed by atoms with Crippen LogP contribution in [0.2, 0.25) is 37.8 Å². The summed E-state index contributed by atoms with van der Waals surface area (Å²) in [5, 5.41) is 12.0. The maximum atomic E-state index is 12.0. The Morgan fingerprint density at radius 2 is 1.79 bits per heavy atom. The molecule has 5 nitrogen and oxygen atoms in total. The highest BCUT2D eigenvalue weighted by Gasteiger charge is 2.56. The van der Waals surface area contributed by atoms with Gasteiger partial charge in [-0.15, -0.1) is 5.54 Å². The summed E-state index contributed by atoms with van der Waals surface area (Å²) in [4.78, 5) is 11.7. The lowest BCUT2D eigenvalue weighted by Crippen LogP contribution is -2.43. The Bertz CT molecular complexity index is 1030. The quantitative estimate of drug-likeness (QED) is 0.0965. The summed E-state index contributed by atoms with van der Waals surface area (Å²) in [6.45, 7) is 25.8. The van der Waals surface area contributed by atoms with E-state index in [1.807, 2.05) is 19.9 Å². The van der Waals surface area contributed by atoms with Crippen molar-refractivity contribution in [2.24, 2.45) is 0 Å². The molecule has 1 aromatic carbocycles. The fourth-order valence-electron chi connectivity index (χ4n) is 3.49. The van der Waals surface area contributed by atoms with Gasteiger partial charge in [-0.3, -0.25) is 10.1 Å². The van der Waals surface area contributed by atoms with Crippen LogP contribution in [0, 0.1) is 21.6 Å². The van der Waals surface area contributed by atoms with Crippen molar-refractivity contribution in [3.8, 4) is 11.5 Å². The van der Waals surface area contributed by atoms with Crippen molar-refractivity contribution in [3.05, 3.63) is 50.6 Å². The molecule has 1 heterocycles. The van der Waals surface area contributed by atoms with Crippen molar-refractivity contribution in [2.75, 3.05) is 0 Å². The molecule has 1 aliphatic rings. The highest BCUT2D eigenvalue weighted by Crippen LogP contribution is 2.50. The average Bonchev–Trinajstić information content (AvgIpc) is 3.28. The fraction of sp³-hybridized carbons (Fsp3) is 0.630. The van der Waals surface area contributed by atoms with E-state index >= 15 is 0 Å². The standard InChI is InChI=1S/C27H43NO4Si2/c1-19(2)13-14-20-21(17-18-33(8,9)10)23(28(29)30)16-15-22(20)24(25-27(6,7)31-25)32-34(11,12)26(3,4)5/h13,15-16,24-25H,14H2,1-12H3/t24-,25-/m1/s1. The van der Waals surface area contributed by atoms with Crippen LogP contribution in [0.1, 0.15) is 71.3 Å². The number of epoxide rings is 1. The molecule has 34 heavy (non-hydrogen) atoms. The van der Waals surface area contributed by atoms with Gasteiger partial charge in [-0.2, -0.15) is 0 Å². The van der Waals surface area contributed by atoms with Crippen molar-refractivity contribution in [3.63, 3.8) is 0 Å². The lowest BCUT2D eigenvalue weighted by atomic mass is 9.90. The summed E-state index contributed by atoms with van der Waals surface area (Å²) >= 11 is 0. The Kier molecular flexibility index (Phi) is 8.16. The molecular weight excluding hydrogens is 458 g/mol. The van der Waals surface area contributed by atoms with Gasteiger partial charge in [-0.1, -0.05) is 58.0 Å². The molecule has 0 bridgehead atoms. The number of hydrogen-bond acceptors (Lipinski definition) is 4. The average molecular weight is 502 g/mol. The number of rotatable bonds is 7. The van der Waals surface area contributed by atoms with Crippen LogP contribution in [0.3, 0.4) is 0 Å². The summed E-state index contributed by atoms with van der Waals surface area (Å²) in [6, 6.07) is 3.48. The Labute approximate surface area is 208 Å². The van der Waals surface area contributed by atoms with Gasteiger partial charge in [-0.25, -0.2) is 0 Å². The number of ether oxygens (including phenoxy) is 1. The molecule has 0 radical (unpaired) electrons. The largest absolute Gasteiger partial charge is 0.407 e. The van der Waals surface area contributed by atoms with Gasteiger partial charge in [0.2, 0.25) is 0 Å². The van der Waals surface area contributed by atoms with Gasteiger partial charge in [0.15, 0.2) is 8.32 Å². The van der Waals surface area contributed by atoms with Crippen molar-refractivity contribution < 1.29 is 14.1 Å². The van der Waals surface area contributed by atoms with Crippen molar-refractivity contribution in [1.82, 2.24) is 0 Å². The van der Waals surface area contributed by atoms with E-state index in [1.54, 1.807) is 6.07 Å². The molecule has 0 unspecified atom stereocenters. The first-order valence-corrected chi connectivity index (χ1v) is 18.5. The molecule has 2 atom stereocenters. The van der Waals surface area contributed by atoms with Gasteiger partial charge in [0.05, 0.1) is 16.6 Å². The minimum absolute atomic E-state index is 0.0194. The molecule has 1 saturated heterocycles. The number of nitro benzene ring substituents is 1. The highest BCUT2D eigenvalue weighted by atomic mass is 28.4. The van der Waals surface area contributed by atoms with Gasteiger partial charge in [0.1, 0.15) is 19.7 Å². The normalized spacial score (nSPS) is 18.5. The zero-order chi connectivity index (χ0) is 26.3. The summed E-state index contributed by atoms with van der Waals surface area (Å²) in [7, 11) is -3.92. The van der Waals surface area contributed by atoms with Crippen LogP contribution in [-0.2, 0) is 15.6 Å². The number of nitrogens with zero attached hydrogens (tertiary/aromatic N) is 1. The fourth-order valence-corrected chi connectivity index (χ4v) is 5.23. The number of hydrogen-bond donors (Lipinski definition) is 0. The molecule has 1 aromatic rings. The Morgan fingerprint density at radius 1 is 1.24 bits per heavy atom. The molecule has 188 valence electrons. The third-order valence-corrected chi connectivity index (χ3v) is 12.0. The second-order valence-electron chi connectivity index (χ2n) is 12.7. The number of benzene rings is 1. The maximum absolute atomic E-state index is 12.0. The first-order chi connectivity index (χ1) is 15.3. The molecule has 0 amide bonds. The molecule has 1 fully saturated rings. The molecule has 0 N–H and O–H groups in total. The smallest absolute Gasteiger partial charge is 0.285 e. The molecule has 0 spiro atoms. The topological polar surface area (TPSA) is 64.9 Å². The monoisotopic (exact) mass is 501 g/mol. The van der Waals surface area contributed by atoms with Crippen LogP contribution < -0.4 is 0 Å². The van der Waals surface area contributed by atoms with Crippen molar-refractivity contribution in [2.45, 2.75) is 110 Å². The van der Waals surface area contributed by atoms with Gasteiger partial charge in [0, 0.05) is 6.07 Å². The van der Waals surface area contributed by atoms with Crippen molar-refractivity contribution >= 4 is 22.1 Å². The van der Waals surface area contributed by atoms with Crippen LogP contribution in [0.5, 0.6) is 0 Å². The minimum Gasteiger partial charge on any atom is -0.407 e. The highest BCUT2D eigenvalue weighted by molar-refractivity contribution is 6.83. The SMILES string of the molecule is CC(C)=CCc1c([C@@H](O[Si](C)(C)C(C)(C)C)[C@H]2OC2(C)C)ccc([N+](=O)[O-])c1C#C[Si](C)(C)C. The van der Waals surface area contributed by atoms with Crippen LogP contribution in [0.15, 0.2) is 23.8 Å². The van der Waals surface area contributed by atoms with E-state index in [-0.39, 0.29) is 33.5 Å².